The molecule has 1 aromatic rings. The highest BCUT2D eigenvalue weighted by Gasteiger charge is 2.12. The number of nitrogens with zero attached hydrogens (tertiary/aromatic N) is 1. The lowest BCUT2D eigenvalue weighted by Crippen LogP contribution is -2.31. The molecule has 1 radical (unpaired) electrons. The van der Waals surface area contributed by atoms with Gasteiger partial charge in [-0.2, -0.15) is 0 Å². The average molecular weight is 401 g/mol. The molecule has 0 saturated carbocycles. The Labute approximate surface area is 181 Å². The number of amides is 1. The van der Waals surface area contributed by atoms with Gasteiger partial charge < -0.3 is 4.90 Å². The van der Waals surface area contributed by atoms with Crippen LogP contribution in [0, 0.1) is 6.07 Å². The first-order valence-electron chi connectivity index (χ1n) is 12.5. The van der Waals surface area contributed by atoms with Crippen LogP contribution in [0.3, 0.4) is 0 Å². The maximum Gasteiger partial charge on any atom is 0.253 e. The molecule has 0 aliphatic heterocycles. The van der Waals surface area contributed by atoms with Crippen molar-refractivity contribution in [1.29, 1.82) is 0 Å². The average Bonchev–Trinajstić information content (AvgIpc) is 2.76. The van der Waals surface area contributed by atoms with Crippen molar-refractivity contribution >= 4 is 5.91 Å². The molecule has 0 bridgehead atoms. The van der Waals surface area contributed by atoms with E-state index in [9.17, 15) is 4.79 Å². The number of hydrogen-bond donors (Lipinski definition) is 0. The molecule has 0 atom stereocenters. The Kier molecular flexibility index (Phi) is 16.6. The van der Waals surface area contributed by atoms with E-state index in [0.29, 0.717) is 0 Å². The molecule has 0 saturated heterocycles. The molecule has 165 valence electrons. The fourth-order valence-electron chi connectivity index (χ4n) is 3.97. The highest BCUT2D eigenvalue weighted by Crippen LogP contribution is 2.14. The lowest BCUT2D eigenvalue weighted by Gasteiger charge is -2.20. The molecule has 1 aromatic carbocycles. The van der Waals surface area contributed by atoms with Crippen LogP contribution in [0.2, 0.25) is 0 Å². The fourth-order valence-corrected chi connectivity index (χ4v) is 3.97. The molecule has 0 aliphatic rings. The molecule has 2 nitrogen and oxygen atoms in total. The second kappa shape index (κ2) is 18.7. The molecule has 0 unspecified atom stereocenters. The zero-order chi connectivity index (χ0) is 21.0. The Morgan fingerprint density at radius 3 is 1.52 bits per heavy atom. The third-order valence-electron chi connectivity index (χ3n) is 5.92. The van der Waals surface area contributed by atoms with Gasteiger partial charge in [0.15, 0.2) is 0 Å². The van der Waals surface area contributed by atoms with Gasteiger partial charge in [-0.15, -0.1) is 0 Å². The van der Waals surface area contributed by atoms with Gasteiger partial charge in [0.2, 0.25) is 0 Å². The number of benzene rings is 1. The molecule has 0 fully saturated rings. The van der Waals surface area contributed by atoms with E-state index in [1.807, 2.05) is 29.2 Å². The van der Waals surface area contributed by atoms with Crippen molar-refractivity contribution in [2.45, 2.75) is 117 Å². The summed E-state index contributed by atoms with van der Waals surface area (Å²) < 4.78 is 0. The van der Waals surface area contributed by atoms with Crippen molar-refractivity contribution in [3.05, 3.63) is 35.9 Å². The standard InChI is InChI=1S/C27H46NO/c1-3-5-6-7-8-9-10-11-12-13-14-15-16-17-18-22-25-28(4-2)27(29)26-23-20-19-21-24-26/h20-21,23-24H,3-18,22,25H2,1-2H3. The molecule has 0 aromatic heterocycles. The first-order chi connectivity index (χ1) is 14.3. The zero-order valence-electron chi connectivity index (χ0n) is 19.4. The second-order valence-corrected chi connectivity index (χ2v) is 8.48. The minimum atomic E-state index is 0.155. The Bertz CT molecular complexity index is 485. The minimum absolute atomic E-state index is 0.155. The van der Waals surface area contributed by atoms with Crippen molar-refractivity contribution in [1.82, 2.24) is 4.90 Å². The number of unbranched alkanes of at least 4 members (excludes halogenated alkanes) is 15. The molecular formula is C27H46NO. The monoisotopic (exact) mass is 400 g/mol. The van der Waals surface area contributed by atoms with Crippen LogP contribution in [0.1, 0.15) is 127 Å². The molecule has 0 spiro atoms. The normalized spacial score (nSPS) is 11.0. The van der Waals surface area contributed by atoms with Crippen molar-refractivity contribution in [3.8, 4) is 0 Å². The van der Waals surface area contributed by atoms with Gasteiger partial charge in [-0.25, -0.2) is 0 Å². The Morgan fingerprint density at radius 1 is 0.690 bits per heavy atom. The summed E-state index contributed by atoms with van der Waals surface area (Å²) in [5.41, 5.74) is 0.780. The predicted molar refractivity (Wildman–Crippen MR) is 126 cm³/mol. The van der Waals surface area contributed by atoms with E-state index < -0.39 is 0 Å². The summed E-state index contributed by atoms with van der Waals surface area (Å²) in [5.74, 6) is 0.155. The topological polar surface area (TPSA) is 20.3 Å². The van der Waals surface area contributed by atoms with E-state index in [-0.39, 0.29) is 5.91 Å². The molecule has 0 heterocycles. The van der Waals surface area contributed by atoms with Crippen LogP contribution in [-0.2, 0) is 0 Å². The van der Waals surface area contributed by atoms with Crippen LogP contribution in [0.5, 0.6) is 0 Å². The van der Waals surface area contributed by atoms with Gasteiger partial charge >= 0.3 is 0 Å². The Balaban J connectivity index is 1.88. The maximum atomic E-state index is 12.5. The van der Waals surface area contributed by atoms with Crippen LogP contribution in [0.15, 0.2) is 24.3 Å². The van der Waals surface area contributed by atoms with Crippen molar-refractivity contribution in [3.63, 3.8) is 0 Å². The minimum Gasteiger partial charge on any atom is -0.339 e. The quantitative estimate of drug-likeness (QED) is 0.214. The number of rotatable bonds is 19. The van der Waals surface area contributed by atoms with Crippen LogP contribution in [0.4, 0.5) is 0 Å². The third-order valence-corrected chi connectivity index (χ3v) is 5.92. The molecule has 0 aliphatic carbocycles. The SMILES string of the molecule is CCCCCCCCCCCCCCCCCCN(CC)C(=O)c1cc[c]cc1. The second-order valence-electron chi connectivity index (χ2n) is 8.48. The highest BCUT2D eigenvalue weighted by atomic mass is 16.2. The smallest absolute Gasteiger partial charge is 0.253 e. The van der Waals surface area contributed by atoms with Gasteiger partial charge in [0.25, 0.3) is 5.91 Å². The van der Waals surface area contributed by atoms with E-state index in [0.717, 1.165) is 25.1 Å². The molecule has 1 rings (SSSR count). The van der Waals surface area contributed by atoms with Crippen molar-refractivity contribution < 1.29 is 4.79 Å². The summed E-state index contributed by atoms with van der Waals surface area (Å²) in [7, 11) is 0. The van der Waals surface area contributed by atoms with Crippen LogP contribution >= 0.6 is 0 Å². The van der Waals surface area contributed by atoms with E-state index in [4.69, 9.17) is 0 Å². The van der Waals surface area contributed by atoms with E-state index >= 15 is 0 Å². The van der Waals surface area contributed by atoms with E-state index in [2.05, 4.69) is 19.9 Å². The molecular weight excluding hydrogens is 354 g/mol. The molecule has 29 heavy (non-hydrogen) atoms. The first-order valence-corrected chi connectivity index (χ1v) is 12.5. The summed E-state index contributed by atoms with van der Waals surface area (Å²) in [6.07, 6.45) is 22.1. The Morgan fingerprint density at radius 2 is 1.10 bits per heavy atom. The Hall–Kier alpha value is -1.31. The van der Waals surface area contributed by atoms with Crippen molar-refractivity contribution in [2.75, 3.05) is 13.1 Å². The molecule has 0 N–H and O–H groups in total. The van der Waals surface area contributed by atoms with Gasteiger partial charge in [-0.05, 0) is 31.5 Å². The number of hydrogen-bond acceptors (Lipinski definition) is 1. The van der Waals surface area contributed by atoms with Gasteiger partial charge in [0.05, 0.1) is 0 Å². The summed E-state index contributed by atoms with van der Waals surface area (Å²) in [4.78, 5) is 14.5. The fraction of sp³-hybridized carbons (Fsp3) is 0.741. The van der Waals surface area contributed by atoms with Crippen LogP contribution in [0.25, 0.3) is 0 Å². The van der Waals surface area contributed by atoms with Gasteiger partial charge in [0, 0.05) is 18.7 Å². The van der Waals surface area contributed by atoms with Gasteiger partial charge in [-0.1, -0.05) is 115 Å². The van der Waals surface area contributed by atoms with Crippen LogP contribution in [-0.4, -0.2) is 23.9 Å². The highest BCUT2D eigenvalue weighted by molar-refractivity contribution is 5.94. The number of carbonyl (C=O) groups excluding carboxylic acids is 1. The predicted octanol–water partition coefficient (Wildman–Crippen LogP) is 8.21. The largest absolute Gasteiger partial charge is 0.339 e. The van der Waals surface area contributed by atoms with Gasteiger partial charge in [-0.3, -0.25) is 4.79 Å². The first kappa shape index (κ1) is 25.7. The van der Waals surface area contributed by atoms with E-state index in [1.54, 1.807) is 0 Å². The molecule has 2 heteroatoms. The molecule has 1 amide bonds. The summed E-state index contributed by atoms with van der Waals surface area (Å²) in [6.45, 7) is 6.02. The summed E-state index contributed by atoms with van der Waals surface area (Å²) >= 11 is 0. The van der Waals surface area contributed by atoms with E-state index in [1.165, 1.54) is 96.3 Å². The summed E-state index contributed by atoms with van der Waals surface area (Å²) in [6, 6.07) is 10.3. The van der Waals surface area contributed by atoms with Crippen molar-refractivity contribution in [2.24, 2.45) is 0 Å². The maximum absolute atomic E-state index is 12.5. The third kappa shape index (κ3) is 13.5. The zero-order valence-corrected chi connectivity index (χ0v) is 19.4. The summed E-state index contributed by atoms with van der Waals surface area (Å²) in [5, 5.41) is 0. The lowest BCUT2D eigenvalue weighted by atomic mass is 10.0. The lowest BCUT2D eigenvalue weighted by molar-refractivity contribution is 0.0761. The van der Waals surface area contributed by atoms with Crippen LogP contribution < -0.4 is 0 Å². The van der Waals surface area contributed by atoms with Gasteiger partial charge in [0.1, 0.15) is 0 Å². The number of carbonyl (C=O) groups is 1.